The number of imide groups is 1. The lowest BCUT2D eigenvalue weighted by atomic mass is 10.1. The molecule has 6 nitrogen and oxygen atoms in total. The quantitative estimate of drug-likeness (QED) is 0.624. The molecule has 22 heavy (non-hydrogen) atoms. The molecular weight excluding hydrogens is 284 g/mol. The highest BCUT2D eigenvalue weighted by atomic mass is 16.5. The number of carbonyl (C=O) groups excluding carboxylic acids is 2. The summed E-state index contributed by atoms with van der Waals surface area (Å²) in [5.74, 6) is 1.37. The predicted molar refractivity (Wildman–Crippen MR) is 82.6 cm³/mol. The van der Waals surface area contributed by atoms with Gasteiger partial charge in [0.05, 0.1) is 13.7 Å². The van der Waals surface area contributed by atoms with Crippen LogP contribution >= 0.6 is 0 Å². The summed E-state index contributed by atoms with van der Waals surface area (Å²) in [5, 5.41) is 4.59. The lowest BCUT2D eigenvalue weighted by Gasteiger charge is -2.12. The largest absolute Gasteiger partial charge is 0.493 e. The topological polar surface area (TPSA) is 76.7 Å². The molecule has 3 amide bonds. The molecule has 0 aliphatic carbocycles. The third-order valence-electron chi connectivity index (χ3n) is 3.17. The van der Waals surface area contributed by atoms with Crippen LogP contribution in [-0.2, 0) is 4.79 Å². The average molecular weight is 304 g/mol. The van der Waals surface area contributed by atoms with Gasteiger partial charge in [0.1, 0.15) is 5.70 Å². The van der Waals surface area contributed by atoms with E-state index < -0.39 is 11.9 Å². The van der Waals surface area contributed by atoms with Crippen molar-refractivity contribution in [1.82, 2.24) is 10.6 Å². The first-order valence-corrected chi connectivity index (χ1v) is 7.14. The minimum atomic E-state index is -0.517. The van der Waals surface area contributed by atoms with Crippen molar-refractivity contribution in [2.24, 2.45) is 5.92 Å². The van der Waals surface area contributed by atoms with Crippen LogP contribution in [0.3, 0.4) is 0 Å². The molecule has 1 fully saturated rings. The third kappa shape index (κ3) is 4.00. The summed E-state index contributed by atoms with van der Waals surface area (Å²) in [4.78, 5) is 22.6. The zero-order valence-electron chi connectivity index (χ0n) is 12.9. The number of benzene rings is 1. The van der Waals surface area contributed by atoms with Gasteiger partial charge in [0, 0.05) is 0 Å². The van der Waals surface area contributed by atoms with Gasteiger partial charge in [-0.05, 0) is 36.1 Å². The zero-order valence-corrected chi connectivity index (χ0v) is 12.9. The molecule has 0 bridgehead atoms. The fourth-order valence-electron chi connectivity index (χ4n) is 1.95. The van der Waals surface area contributed by atoms with Crippen molar-refractivity contribution in [3.63, 3.8) is 0 Å². The highest BCUT2D eigenvalue weighted by Crippen LogP contribution is 2.29. The summed E-state index contributed by atoms with van der Waals surface area (Å²) < 4.78 is 11.0. The Bertz CT molecular complexity index is 608. The summed E-state index contributed by atoms with van der Waals surface area (Å²) in [6.45, 7) is 4.89. The molecule has 1 aromatic rings. The predicted octanol–water partition coefficient (Wildman–Crippen LogP) is 2.30. The maximum absolute atomic E-state index is 11.5. The normalized spacial score (nSPS) is 15.9. The molecule has 0 radical (unpaired) electrons. The van der Waals surface area contributed by atoms with Gasteiger partial charge < -0.3 is 14.8 Å². The number of rotatable bonds is 6. The van der Waals surface area contributed by atoms with Crippen molar-refractivity contribution >= 4 is 18.0 Å². The molecule has 2 N–H and O–H groups in total. The fourth-order valence-corrected chi connectivity index (χ4v) is 1.95. The van der Waals surface area contributed by atoms with Gasteiger partial charge in [-0.3, -0.25) is 10.1 Å². The van der Waals surface area contributed by atoms with Crippen LogP contribution in [-0.4, -0.2) is 25.7 Å². The Labute approximate surface area is 129 Å². The number of carbonyl (C=O) groups is 2. The molecule has 0 aromatic heterocycles. The molecule has 1 saturated heterocycles. The highest BCUT2D eigenvalue weighted by molar-refractivity contribution is 6.13. The van der Waals surface area contributed by atoms with E-state index in [4.69, 9.17) is 9.47 Å². The van der Waals surface area contributed by atoms with E-state index in [1.807, 2.05) is 0 Å². The molecular formula is C16H20N2O4. The number of hydrogen-bond acceptors (Lipinski definition) is 4. The lowest BCUT2D eigenvalue weighted by Crippen LogP contribution is -2.22. The molecule has 0 unspecified atom stereocenters. The van der Waals surface area contributed by atoms with E-state index in [2.05, 4.69) is 24.5 Å². The van der Waals surface area contributed by atoms with Gasteiger partial charge >= 0.3 is 6.03 Å². The van der Waals surface area contributed by atoms with Gasteiger partial charge in [-0.1, -0.05) is 19.9 Å². The summed E-state index contributed by atoms with van der Waals surface area (Å²) in [6, 6.07) is 4.84. The average Bonchev–Trinajstić information content (AvgIpc) is 2.77. The van der Waals surface area contributed by atoms with Crippen LogP contribution in [0.25, 0.3) is 6.08 Å². The Morgan fingerprint density at radius 1 is 1.18 bits per heavy atom. The standard InChI is InChI=1S/C16H20N2O4/c1-10(2)6-7-22-13-5-4-11(9-14(13)21-3)8-12-15(19)18-16(20)17-12/h4-5,8-10H,6-7H2,1-3H3,(H2,17,18,19,20)/b12-8+. The van der Waals surface area contributed by atoms with Crippen LogP contribution in [0.4, 0.5) is 4.79 Å². The second-order valence-corrected chi connectivity index (χ2v) is 5.41. The van der Waals surface area contributed by atoms with E-state index in [0.717, 1.165) is 12.0 Å². The van der Waals surface area contributed by atoms with Gasteiger partial charge in [-0.2, -0.15) is 0 Å². The van der Waals surface area contributed by atoms with E-state index in [9.17, 15) is 9.59 Å². The molecule has 118 valence electrons. The summed E-state index contributed by atoms with van der Waals surface area (Å²) >= 11 is 0. The van der Waals surface area contributed by atoms with Gasteiger partial charge in [0.15, 0.2) is 11.5 Å². The van der Waals surface area contributed by atoms with E-state index >= 15 is 0 Å². The molecule has 0 atom stereocenters. The van der Waals surface area contributed by atoms with Crippen LogP contribution in [0, 0.1) is 5.92 Å². The molecule has 2 rings (SSSR count). The highest BCUT2D eigenvalue weighted by Gasteiger charge is 2.22. The first kappa shape index (κ1) is 15.9. The number of urea groups is 1. The third-order valence-corrected chi connectivity index (χ3v) is 3.17. The molecule has 0 spiro atoms. The van der Waals surface area contributed by atoms with Gasteiger partial charge in [0.25, 0.3) is 5.91 Å². The van der Waals surface area contributed by atoms with Crippen LogP contribution < -0.4 is 20.1 Å². The second kappa shape index (κ2) is 6.98. The van der Waals surface area contributed by atoms with Crippen LogP contribution in [0.1, 0.15) is 25.8 Å². The van der Waals surface area contributed by atoms with Crippen molar-refractivity contribution in [3.8, 4) is 11.5 Å². The smallest absolute Gasteiger partial charge is 0.326 e. The number of amides is 3. The Hall–Kier alpha value is -2.50. The van der Waals surface area contributed by atoms with Crippen molar-refractivity contribution in [2.75, 3.05) is 13.7 Å². The molecule has 1 aliphatic heterocycles. The fraction of sp³-hybridized carbons (Fsp3) is 0.375. The second-order valence-electron chi connectivity index (χ2n) is 5.41. The Kier molecular flexibility index (Phi) is 5.04. The zero-order chi connectivity index (χ0) is 16.1. The van der Waals surface area contributed by atoms with Gasteiger partial charge in [-0.25, -0.2) is 4.79 Å². The van der Waals surface area contributed by atoms with Crippen molar-refractivity contribution in [2.45, 2.75) is 20.3 Å². The minimum absolute atomic E-state index is 0.209. The van der Waals surface area contributed by atoms with Crippen LogP contribution in [0.15, 0.2) is 23.9 Å². The molecule has 0 saturated carbocycles. The number of methoxy groups -OCH3 is 1. The maximum Gasteiger partial charge on any atom is 0.326 e. The van der Waals surface area contributed by atoms with Crippen molar-refractivity contribution in [3.05, 3.63) is 29.5 Å². The van der Waals surface area contributed by atoms with E-state index in [-0.39, 0.29) is 5.70 Å². The monoisotopic (exact) mass is 304 g/mol. The minimum Gasteiger partial charge on any atom is -0.493 e. The van der Waals surface area contributed by atoms with Crippen molar-refractivity contribution < 1.29 is 19.1 Å². The van der Waals surface area contributed by atoms with Gasteiger partial charge in [0.2, 0.25) is 0 Å². The number of ether oxygens (including phenoxy) is 2. The first-order chi connectivity index (χ1) is 10.5. The Balaban J connectivity index is 2.13. The SMILES string of the molecule is COc1cc(/C=C2/NC(=O)NC2=O)ccc1OCCC(C)C. The summed E-state index contributed by atoms with van der Waals surface area (Å²) in [5.41, 5.74) is 0.945. The summed E-state index contributed by atoms with van der Waals surface area (Å²) in [6.07, 6.45) is 2.54. The van der Waals surface area contributed by atoms with E-state index in [1.165, 1.54) is 0 Å². The molecule has 1 aromatic carbocycles. The maximum atomic E-state index is 11.5. The Morgan fingerprint density at radius 2 is 1.95 bits per heavy atom. The lowest BCUT2D eigenvalue weighted by molar-refractivity contribution is -0.115. The van der Waals surface area contributed by atoms with Crippen LogP contribution in [0.2, 0.25) is 0 Å². The first-order valence-electron chi connectivity index (χ1n) is 7.14. The molecule has 1 aliphatic rings. The Morgan fingerprint density at radius 3 is 2.55 bits per heavy atom. The van der Waals surface area contributed by atoms with Crippen LogP contribution in [0.5, 0.6) is 11.5 Å². The van der Waals surface area contributed by atoms with Gasteiger partial charge in [-0.15, -0.1) is 0 Å². The molecule has 1 heterocycles. The number of nitrogens with one attached hydrogen (secondary N) is 2. The van der Waals surface area contributed by atoms with Crippen molar-refractivity contribution in [1.29, 1.82) is 0 Å². The summed E-state index contributed by atoms with van der Waals surface area (Å²) in [7, 11) is 1.56. The molecule has 6 heteroatoms. The van der Waals surface area contributed by atoms with E-state index in [1.54, 1.807) is 31.4 Å². The van der Waals surface area contributed by atoms with E-state index in [0.29, 0.717) is 24.0 Å². The number of hydrogen-bond donors (Lipinski definition) is 2.